The number of aliphatic hydroxyl groups excluding tert-OH is 6. The van der Waals surface area contributed by atoms with Crippen molar-refractivity contribution < 1.29 is 30.6 Å². The van der Waals surface area contributed by atoms with Gasteiger partial charge in [-0.05, 0) is 31.1 Å². The third-order valence-corrected chi connectivity index (χ3v) is 6.34. The van der Waals surface area contributed by atoms with Crippen molar-refractivity contribution in [2.24, 2.45) is 17.8 Å². The molecule has 8 atom stereocenters. The molecule has 0 heterocycles. The minimum absolute atomic E-state index is 0.0726. The Balaban J connectivity index is 2.76. The normalized spacial score (nSPS) is 30.7. The number of unbranched alkanes of at least 4 members (excludes halogenated alkanes) is 3. The van der Waals surface area contributed by atoms with Crippen LogP contribution >= 0.6 is 0 Å². The smallest absolute Gasteiger partial charge is 0.109 e. The molecule has 1 saturated carbocycles. The molecule has 6 nitrogen and oxygen atoms in total. The van der Waals surface area contributed by atoms with Crippen LogP contribution in [0.25, 0.3) is 0 Å². The van der Waals surface area contributed by atoms with E-state index >= 15 is 0 Å². The van der Waals surface area contributed by atoms with Crippen LogP contribution in [0.4, 0.5) is 0 Å². The summed E-state index contributed by atoms with van der Waals surface area (Å²) >= 11 is 0. The Labute approximate surface area is 164 Å². The molecule has 0 radical (unpaired) electrons. The maximum Gasteiger partial charge on any atom is 0.109 e. The molecule has 1 rings (SSSR count). The van der Waals surface area contributed by atoms with Crippen LogP contribution < -0.4 is 0 Å². The van der Waals surface area contributed by atoms with E-state index < -0.39 is 36.4 Å². The molecule has 0 spiro atoms. The van der Waals surface area contributed by atoms with Crippen LogP contribution in [0.3, 0.4) is 0 Å². The van der Waals surface area contributed by atoms with Crippen molar-refractivity contribution in [3.05, 3.63) is 0 Å². The summed E-state index contributed by atoms with van der Waals surface area (Å²) in [6.07, 6.45) is 2.59. The zero-order valence-corrected chi connectivity index (χ0v) is 17.1. The fourth-order valence-corrected chi connectivity index (χ4v) is 4.56. The molecule has 0 saturated heterocycles. The van der Waals surface area contributed by atoms with E-state index in [-0.39, 0.29) is 13.0 Å². The first-order chi connectivity index (χ1) is 12.9. The van der Waals surface area contributed by atoms with Crippen LogP contribution in [-0.2, 0) is 0 Å². The molecule has 8 unspecified atom stereocenters. The Kier molecular flexibility index (Phi) is 12.0. The number of hydrogen-bond acceptors (Lipinski definition) is 6. The highest BCUT2D eigenvalue weighted by Gasteiger charge is 2.43. The molecule has 0 aromatic carbocycles. The van der Waals surface area contributed by atoms with Crippen LogP contribution in [0.2, 0.25) is 0 Å². The van der Waals surface area contributed by atoms with Gasteiger partial charge in [-0.2, -0.15) is 0 Å². The minimum atomic E-state index is -1.55. The standard InChI is InChI=1S/C21H42O6/c1-3-5-7-9-15-13-18(24)16(12-14(15)8-6-4-2)19(25)21(27)20(26)17(23)10-11-22/h14-27H,3-13H2,1-2H3. The molecule has 0 amide bonds. The van der Waals surface area contributed by atoms with Gasteiger partial charge in [0.1, 0.15) is 12.2 Å². The summed E-state index contributed by atoms with van der Waals surface area (Å²) in [4.78, 5) is 0. The van der Waals surface area contributed by atoms with Gasteiger partial charge < -0.3 is 30.6 Å². The first-order valence-electron chi connectivity index (χ1n) is 10.9. The molecule has 6 N–H and O–H groups in total. The van der Waals surface area contributed by atoms with E-state index in [1.165, 1.54) is 6.42 Å². The van der Waals surface area contributed by atoms with Crippen LogP contribution in [0.5, 0.6) is 0 Å². The van der Waals surface area contributed by atoms with Gasteiger partial charge in [0.05, 0.1) is 18.3 Å². The lowest BCUT2D eigenvalue weighted by atomic mass is 9.66. The van der Waals surface area contributed by atoms with Gasteiger partial charge in [0.25, 0.3) is 0 Å². The van der Waals surface area contributed by atoms with Crippen molar-refractivity contribution in [3.63, 3.8) is 0 Å². The van der Waals surface area contributed by atoms with E-state index in [0.29, 0.717) is 24.7 Å². The Morgan fingerprint density at radius 2 is 1.41 bits per heavy atom. The monoisotopic (exact) mass is 390 g/mol. The second kappa shape index (κ2) is 13.1. The topological polar surface area (TPSA) is 121 Å². The molecule has 0 aliphatic heterocycles. The molecule has 6 heteroatoms. The van der Waals surface area contributed by atoms with Gasteiger partial charge in [-0.3, -0.25) is 0 Å². The first kappa shape index (κ1) is 24.8. The van der Waals surface area contributed by atoms with Gasteiger partial charge in [-0.1, -0.05) is 58.8 Å². The zero-order chi connectivity index (χ0) is 20.4. The van der Waals surface area contributed by atoms with Crippen molar-refractivity contribution in [2.45, 2.75) is 109 Å². The lowest BCUT2D eigenvalue weighted by molar-refractivity contribution is -0.147. The molecule has 1 aliphatic carbocycles. The summed E-state index contributed by atoms with van der Waals surface area (Å²) in [6, 6.07) is 0. The van der Waals surface area contributed by atoms with Crippen LogP contribution in [0.15, 0.2) is 0 Å². The summed E-state index contributed by atoms with van der Waals surface area (Å²) in [6.45, 7) is 4.01. The molecule has 1 fully saturated rings. The van der Waals surface area contributed by atoms with E-state index in [1.54, 1.807) is 0 Å². The minimum Gasteiger partial charge on any atom is -0.396 e. The van der Waals surface area contributed by atoms with Gasteiger partial charge >= 0.3 is 0 Å². The third kappa shape index (κ3) is 7.59. The average molecular weight is 391 g/mol. The highest BCUT2D eigenvalue weighted by molar-refractivity contribution is 4.93. The van der Waals surface area contributed by atoms with E-state index in [4.69, 9.17) is 5.11 Å². The molecule has 162 valence electrons. The van der Waals surface area contributed by atoms with E-state index in [9.17, 15) is 25.5 Å². The summed E-state index contributed by atoms with van der Waals surface area (Å²) in [5, 5.41) is 60.2. The van der Waals surface area contributed by atoms with Crippen LogP contribution in [-0.4, -0.2) is 67.8 Å². The van der Waals surface area contributed by atoms with E-state index in [1.807, 2.05) is 0 Å². The summed E-state index contributed by atoms with van der Waals surface area (Å²) in [7, 11) is 0. The fourth-order valence-electron chi connectivity index (χ4n) is 4.56. The molecule has 0 aromatic heterocycles. The molecule has 27 heavy (non-hydrogen) atoms. The summed E-state index contributed by atoms with van der Waals surface area (Å²) in [5.74, 6) is 0.320. The van der Waals surface area contributed by atoms with E-state index in [2.05, 4.69) is 13.8 Å². The lowest BCUT2D eigenvalue weighted by Crippen LogP contribution is -2.52. The highest BCUT2D eigenvalue weighted by Crippen LogP contribution is 2.41. The third-order valence-electron chi connectivity index (χ3n) is 6.34. The first-order valence-corrected chi connectivity index (χ1v) is 10.9. The number of hydrogen-bond donors (Lipinski definition) is 6. The second-order valence-corrected chi connectivity index (χ2v) is 8.41. The maximum absolute atomic E-state index is 10.6. The molecular weight excluding hydrogens is 348 g/mol. The molecular formula is C21H42O6. The van der Waals surface area contributed by atoms with Crippen molar-refractivity contribution in [1.29, 1.82) is 0 Å². The van der Waals surface area contributed by atoms with Crippen molar-refractivity contribution in [3.8, 4) is 0 Å². The molecule has 0 aromatic rings. The zero-order valence-electron chi connectivity index (χ0n) is 17.1. The van der Waals surface area contributed by atoms with Gasteiger partial charge in [-0.25, -0.2) is 0 Å². The van der Waals surface area contributed by atoms with Crippen LogP contribution in [0.1, 0.15) is 78.1 Å². The van der Waals surface area contributed by atoms with E-state index in [0.717, 1.165) is 38.5 Å². The van der Waals surface area contributed by atoms with Gasteiger partial charge in [0.15, 0.2) is 0 Å². The predicted molar refractivity (Wildman–Crippen MR) is 105 cm³/mol. The Morgan fingerprint density at radius 3 is 2.00 bits per heavy atom. The predicted octanol–water partition coefficient (Wildman–Crippen LogP) is 1.59. The lowest BCUT2D eigenvalue weighted by Gasteiger charge is -2.43. The average Bonchev–Trinajstić information content (AvgIpc) is 2.65. The SMILES string of the molecule is CCCCCC1CC(O)C(C(O)C(O)C(O)C(O)CCO)CC1CCCC. The fraction of sp³-hybridized carbons (Fsp3) is 1.00. The van der Waals surface area contributed by atoms with Gasteiger partial charge in [-0.15, -0.1) is 0 Å². The van der Waals surface area contributed by atoms with Gasteiger partial charge in [0, 0.05) is 12.5 Å². The molecule has 0 bridgehead atoms. The molecule has 1 aliphatic rings. The quantitative estimate of drug-likeness (QED) is 0.266. The van der Waals surface area contributed by atoms with Crippen molar-refractivity contribution >= 4 is 0 Å². The summed E-state index contributed by atoms with van der Waals surface area (Å²) in [5.41, 5.74) is 0. The number of aliphatic hydroxyl groups is 6. The second-order valence-electron chi connectivity index (χ2n) is 8.41. The highest BCUT2D eigenvalue weighted by atomic mass is 16.4. The van der Waals surface area contributed by atoms with Crippen molar-refractivity contribution in [1.82, 2.24) is 0 Å². The number of rotatable bonds is 13. The van der Waals surface area contributed by atoms with Crippen LogP contribution in [0, 0.1) is 17.8 Å². The Bertz CT molecular complexity index is 380. The summed E-state index contributed by atoms with van der Waals surface area (Å²) < 4.78 is 0. The largest absolute Gasteiger partial charge is 0.396 e. The van der Waals surface area contributed by atoms with Crippen molar-refractivity contribution in [2.75, 3.05) is 6.61 Å². The maximum atomic E-state index is 10.6. The van der Waals surface area contributed by atoms with Gasteiger partial charge in [0.2, 0.25) is 0 Å². The Hall–Kier alpha value is -0.240. The Morgan fingerprint density at radius 1 is 0.815 bits per heavy atom.